The fourth-order valence-corrected chi connectivity index (χ4v) is 10.9. The summed E-state index contributed by atoms with van der Waals surface area (Å²) in [7, 11) is 0. The Hall–Kier alpha value is -8.20. The molecule has 2 aliphatic carbocycles. The molecule has 294 valence electrons. The van der Waals surface area contributed by atoms with Gasteiger partial charge in [-0.05, 0) is 109 Å². The molecule has 0 aliphatic heterocycles. The lowest BCUT2D eigenvalue weighted by molar-refractivity contribution is 0.668. The Morgan fingerprint density at radius 3 is 1.32 bits per heavy atom. The minimum atomic E-state index is -0.589. The van der Waals surface area contributed by atoms with E-state index < -0.39 is 5.41 Å². The zero-order chi connectivity index (χ0) is 41.5. The molecule has 0 amide bonds. The van der Waals surface area contributed by atoms with Crippen LogP contribution in [0.4, 0.5) is 17.1 Å². The van der Waals surface area contributed by atoms with Gasteiger partial charge in [0.1, 0.15) is 11.2 Å². The number of hydrogen-bond donors (Lipinski definition) is 0. The highest BCUT2D eigenvalue weighted by atomic mass is 16.3. The van der Waals surface area contributed by atoms with Gasteiger partial charge in [0.2, 0.25) is 0 Å². The second kappa shape index (κ2) is 13.9. The quantitative estimate of drug-likeness (QED) is 0.167. The maximum Gasteiger partial charge on any atom is 0.143 e. The molecule has 0 unspecified atom stereocenters. The van der Waals surface area contributed by atoms with E-state index in [-0.39, 0.29) is 0 Å². The van der Waals surface area contributed by atoms with Crippen LogP contribution in [0.15, 0.2) is 241 Å². The minimum absolute atomic E-state index is 0.589. The highest BCUT2D eigenvalue weighted by Crippen LogP contribution is 2.66. The minimum Gasteiger partial charge on any atom is -0.455 e. The van der Waals surface area contributed by atoms with E-state index >= 15 is 0 Å². The maximum atomic E-state index is 7.20. The lowest BCUT2D eigenvalue weighted by atomic mass is 9.68. The van der Waals surface area contributed by atoms with Crippen LogP contribution in [0, 0.1) is 0 Å². The van der Waals surface area contributed by atoms with Crippen molar-refractivity contribution in [2.24, 2.45) is 0 Å². The summed E-state index contributed by atoms with van der Waals surface area (Å²) < 4.78 is 7.20. The lowest BCUT2D eigenvalue weighted by Gasteiger charge is -2.33. The van der Waals surface area contributed by atoms with E-state index in [9.17, 15) is 0 Å². The second-order valence-electron chi connectivity index (χ2n) is 16.7. The normalized spacial score (nSPS) is 12.9. The van der Waals surface area contributed by atoms with Crippen LogP contribution >= 0.6 is 0 Å². The molecular weight excluding hydrogens is 763 g/mol. The van der Waals surface area contributed by atoms with E-state index in [2.05, 4.69) is 241 Å². The molecule has 0 saturated heterocycles. The molecule has 0 radical (unpaired) electrons. The molecule has 0 atom stereocenters. The predicted molar refractivity (Wildman–Crippen MR) is 261 cm³/mol. The fourth-order valence-electron chi connectivity index (χ4n) is 10.9. The van der Waals surface area contributed by atoms with E-state index in [1.165, 1.54) is 66.8 Å². The van der Waals surface area contributed by atoms with E-state index in [0.717, 1.165) is 50.1 Å². The third kappa shape index (κ3) is 5.19. The average molecular weight is 802 g/mol. The highest BCUT2D eigenvalue weighted by molar-refractivity contribution is 6.16. The van der Waals surface area contributed by atoms with Crippen molar-refractivity contribution in [2.45, 2.75) is 5.41 Å². The Kier molecular flexibility index (Phi) is 7.85. The summed E-state index contributed by atoms with van der Waals surface area (Å²) in [5.41, 5.74) is 21.6. The molecule has 2 aliphatic rings. The Balaban J connectivity index is 1.13. The number of para-hydroxylation sites is 2. The van der Waals surface area contributed by atoms with Crippen molar-refractivity contribution < 1.29 is 4.42 Å². The molecule has 13 rings (SSSR count). The van der Waals surface area contributed by atoms with Crippen molar-refractivity contribution in [3.63, 3.8) is 0 Å². The van der Waals surface area contributed by atoms with Crippen LogP contribution in [0.3, 0.4) is 0 Å². The number of fused-ring (bicyclic) bond motifs is 13. The van der Waals surface area contributed by atoms with Gasteiger partial charge in [-0.2, -0.15) is 0 Å². The van der Waals surface area contributed by atoms with Gasteiger partial charge in [-0.3, -0.25) is 0 Å². The van der Waals surface area contributed by atoms with Gasteiger partial charge in [0, 0.05) is 33.3 Å². The van der Waals surface area contributed by atoms with E-state index in [1.807, 2.05) is 0 Å². The van der Waals surface area contributed by atoms with Crippen molar-refractivity contribution >= 4 is 39.0 Å². The topological polar surface area (TPSA) is 16.4 Å². The van der Waals surface area contributed by atoms with Gasteiger partial charge in [-0.15, -0.1) is 0 Å². The average Bonchev–Trinajstić information content (AvgIpc) is 3.99. The van der Waals surface area contributed by atoms with Gasteiger partial charge in [0.25, 0.3) is 0 Å². The zero-order valence-corrected chi connectivity index (χ0v) is 34.4. The van der Waals surface area contributed by atoms with E-state index in [4.69, 9.17) is 4.42 Å². The van der Waals surface area contributed by atoms with E-state index in [0.29, 0.717) is 0 Å². The van der Waals surface area contributed by atoms with Gasteiger partial charge >= 0.3 is 0 Å². The van der Waals surface area contributed by atoms with Crippen LogP contribution in [0.5, 0.6) is 0 Å². The predicted octanol–water partition coefficient (Wildman–Crippen LogP) is 16.4. The molecule has 0 saturated carbocycles. The molecule has 1 spiro atoms. The van der Waals surface area contributed by atoms with Crippen LogP contribution in [-0.4, -0.2) is 0 Å². The summed E-state index contributed by atoms with van der Waals surface area (Å²) in [5.74, 6) is 0. The summed E-state index contributed by atoms with van der Waals surface area (Å²) in [6.07, 6.45) is 0. The summed E-state index contributed by atoms with van der Waals surface area (Å²) in [6.45, 7) is 0. The van der Waals surface area contributed by atoms with Crippen molar-refractivity contribution in [2.75, 3.05) is 4.90 Å². The van der Waals surface area contributed by atoms with Crippen molar-refractivity contribution in [3.05, 3.63) is 259 Å². The van der Waals surface area contributed by atoms with Gasteiger partial charge in [0.05, 0.1) is 11.1 Å². The van der Waals surface area contributed by atoms with Crippen LogP contribution in [0.1, 0.15) is 22.3 Å². The summed E-state index contributed by atoms with van der Waals surface area (Å²) in [5, 5.41) is 2.23. The molecule has 1 heterocycles. The first-order chi connectivity index (χ1) is 31.3. The first kappa shape index (κ1) is 35.5. The van der Waals surface area contributed by atoms with Crippen LogP contribution < -0.4 is 4.90 Å². The smallest absolute Gasteiger partial charge is 0.143 e. The summed E-state index contributed by atoms with van der Waals surface area (Å²) in [6, 6.07) is 86.3. The van der Waals surface area contributed by atoms with Crippen molar-refractivity contribution in [3.8, 4) is 55.6 Å². The lowest BCUT2D eigenvalue weighted by Crippen LogP contribution is -2.27. The Morgan fingerprint density at radius 2 is 0.762 bits per heavy atom. The first-order valence-electron chi connectivity index (χ1n) is 21.8. The SMILES string of the molecule is c1ccc(-c2ccc(N(c3ccc(-c4ccccc4)cc3)c3ccccc3-c3c4c(cc5c3oc3ccccc35)-c3ccccc3C43c4ccccc4-c4ccccc43)cc2)cc1. The molecule has 0 N–H and O–H groups in total. The molecule has 0 fully saturated rings. The maximum absolute atomic E-state index is 7.20. The number of furan rings is 1. The number of nitrogens with zero attached hydrogens (tertiary/aromatic N) is 1. The Labute approximate surface area is 366 Å². The molecule has 2 nitrogen and oxygen atoms in total. The third-order valence-electron chi connectivity index (χ3n) is 13.5. The van der Waals surface area contributed by atoms with Crippen LogP contribution in [0.2, 0.25) is 0 Å². The first-order valence-corrected chi connectivity index (χ1v) is 21.8. The largest absolute Gasteiger partial charge is 0.455 e. The van der Waals surface area contributed by atoms with Crippen molar-refractivity contribution in [1.29, 1.82) is 0 Å². The summed E-state index contributed by atoms with van der Waals surface area (Å²) in [4.78, 5) is 2.43. The van der Waals surface area contributed by atoms with Gasteiger partial charge in [-0.25, -0.2) is 0 Å². The van der Waals surface area contributed by atoms with Gasteiger partial charge in [-0.1, -0.05) is 194 Å². The monoisotopic (exact) mass is 801 g/mol. The van der Waals surface area contributed by atoms with E-state index in [1.54, 1.807) is 0 Å². The number of hydrogen-bond acceptors (Lipinski definition) is 2. The van der Waals surface area contributed by atoms with Gasteiger partial charge in [0.15, 0.2) is 0 Å². The Bertz CT molecular complexity index is 3420. The number of anilines is 3. The zero-order valence-electron chi connectivity index (χ0n) is 34.4. The molecule has 63 heavy (non-hydrogen) atoms. The fraction of sp³-hybridized carbons (Fsp3) is 0.0164. The van der Waals surface area contributed by atoms with Gasteiger partial charge < -0.3 is 9.32 Å². The number of rotatable bonds is 6. The molecule has 10 aromatic carbocycles. The highest BCUT2D eigenvalue weighted by Gasteiger charge is 2.53. The molecule has 1 aromatic heterocycles. The second-order valence-corrected chi connectivity index (χ2v) is 16.7. The molecular formula is C61H39NO. The number of benzene rings is 10. The Morgan fingerprint density at radius 1 is 0.333 bits per heavy atom. The van der Waals surface area contributed by atoms with Crippen LogP contribution in [-0.2, 0) is 5.41 Å². The van der Waals surface area contributed by atoms with Crippen molar-refractivity contribution in [1.82, 2.24) is 0 Å². The summed E-state index contributed by atoms with van der Waals surface area (Å²) >= 11 is 0. The molecule has 0 bridgehead atoms. The van der Waals surface area contributed by atoms with Crippen LogP contribution in [0.25, 0.3) is 77.6 Å². The molecule has 11 aromatic rings. The third-order valence-corrected chi connectivity index (χ3v) is 13.5. The molecule has 2 heteroatoms. The standard InChI is InChI=1S/C61H39NO/c1-3-17-40(18-4-1)42-31-35-44(36-32-42)62(45-37-33-43(34-38-45)41-19-5-2-6-20-41)56-29-15-10-25-50(56)58-59-51(39-52-49-24-11-16-30-57(49)63-60(52)58)48-23-9-14-28-55(48)61(59)53-26-12-7-21-46(53)47-22-8-13-27-54(47)61/h1-39H.